The fourth-order valence-corrected chi connectivity index (χ4v) is 3.64. The van der Waals surface area contributed by atoms with Crippen LogP contribution in [0, 0.1) is 5.92 Å². The molecule has 1 aromatic carbocycles. The van der Waals surface area contributed by atoms with E-state index < -0.39 is 0 Å². The van der Waals surface area contributed by atoms with Crippen LogP contribution in [0.1, 0.15) is 30.9 Å². The molecule has 2 aliphatic rings. The molecule has 1 aromatic rings. The van der Waals surface area contributed by atoms with Crippen molar-refractivity contribution in [3.05, 3.63) is 35.4 Å². The maximum Gasteiger partial charge on any atom is 0.0628 e. The van der Waals surface area contributed by atoms with Gasteiger partial charge in [0.1, 0.15) is 0 Å². The molecule has 0 spiro atoms. The van der Waals surface area contributed by atoms with Gasteiger partial charge in [-0.15, -0.1) is 0 Å². The number of benzene rings is 1. The zero-order valence-electron chi connectivity index (χ0n) is 12.4. The van der Waals surface area contributed by atoms with Crippen molar-refractivity contribution in [2.45, 2.75) is 38.3 Å². The van der Waals surface area contributed by atoms with Gasteiger partial charge in [-0.1, -0.05) is 31.2 Å². The first-order valence-corrected chi connectivity index (χ1v) is 7.92. The molecule has 1 aliphatic heterocycles. The lowest BCUT2D eigenvalue weighted by molar-refractivity contribution is 0.0860. The van der Waals surface area contributed by atoms with Crippen molar-refractivity contribution in [2.75, 3.05) is 26.2 Å². The molecule has 1 atom stereocenters. The molecule has 0 radical (unpaired) electrons. The molecule has 1 fully saturated rings. The van der Waals surface area contributed by atoms with E-state index in [1.54, 1.807) is 0 Å². The van der Waals surface area contributed by atoms with E-state index in [1.165, 1.54) is 24.0 Å². The van der Waals surface area contributed by atoms with E-state index in [2.05, 4.69) is 41.4 Å². The minimum atomic E-state index is -0.0823. The summed E-state index contributed by atoms with van der Waals surface area (Å²) < 4.78 is 0. The van der Waals surface area contributed by atoms with Gasteiger partial charge in [-0.2, -0.15) is 0 Å². The Balaban J connectivity index is 1.71. The molecular weight excluding hydrogens is 248 g/mol. The molecule has 1 heterocycles. The highest BCUT2D eigenvalue weighted by molar-refractivity contribution is 5.29. The zero-order chi connectivity index (χ0) is 14.0. The quantitative estimate of drug-likeness (QED) is 0.830. The highest BCUT2D eigenvalue weighted by Crippen LogP contribution is 2.40. The van der Waals surface area contributed by atoms with Gasteiger partial charge < -0.3 is 10.4 Å². The minimum Gasteiger partial charge on any atom is -0.394 e. The summed E-state index contributed by atoms with van der Waals surface area (Å²) in [6, 6.07) is 8.76. The molecule has 1 aliphatic carbocycles. The van der Waals surface area contributed by atoms with E-state index in [1.807, 2.05) is 0 Å². The maximum absolute atomic E-state index is 9.95. The van der Waals surface area contributed by atoms with Crippen LogP contribution < -0.4 is 5.32 Å². The van der Waals surface area contributed by atoms with Crippen LogP contribution in [0.2, 0.25) is 0 Å². The second-order valence-electron chi connectivity index (χ2n) is 6.35. The summed E-state index contributed by atoms with van der Waals surface area (Å²) in [6.07, 6.45) is 3.66. The summed E-state index contributed by atoms with van der Waals surface area (Å²) in [4.78, 5) is 2.51. The maximum atomic E-state index is 9.95. The van der Waals surface area contributed by atoms with E-state index in [4.69, 9.17) is 0 Å². The summed E-state index contributed by atoms with van der Waals surface area (Å²) in [6.45, 7) is 6.42. The monoisotopic (exact) mass is 274 g/mol. The number of nitrogens with one attached hydrogen (secondary N) is 1. The van der Waals surface area contributed by atoms with Crippen molar-refractivity contribution >= 4 is 0 Å². The van der Waals surface area contributed by atoms with Gasteiger partial charge in [0.15, 0.2) is 0 Å². The van der Waals surface area contributed by atoms with Gasteiger partial charge in [0.25, 0.3) is 0 Å². The molecule has 0 aromatic heterocycles. The molecule has 0 bridgehead atoms. The van der Waals surface area contributed by atoms with Gasteiger partial charge in [0, 0.05) is 19.6 Å². The SMILES string of the molecule is CCNC(CO)(CN1CCc2ccccc2C1)C1CC1. The molecule has 0 amide bonds. The minimum absolute atomic E-state index is 0.0823. The number of aliphatic hydroxyl groups is 1. The van der Waals surface area contributed by atoms with Gasteiger partial charge in [-0.3, -0.25) is 4.90 Å². The second kappa shape index (κ2) is 5.84. The van der Waals surface area contributed by atoms with Crippen LogP contribution in [0.25, 0.3) is 0 Å². The Bertz CT molecular complexity index is 458. The summed E-state index contributed by atoms with van der Waals surface area (Å²) in [7, 11) is 0. The molecule has 110 valence electrons. The van der Waals surface area contributed by atoms with Crippen LogP contribution in [0.5, 0.6) is 0 Å². The van der Waals surface area contributed by atoms with Crippen molar-refractivity contribution in [3.63, 3.8) is 0 Å². The zero-order valence-corrected chi connectivity index (χ0v) is 12.4. The summed E-state index contributed by atoms with van der Waals surface area (Å²) in [5.74, 6) is 0.657. The topological polar surface area (TPSA) is 35.5 Å². The average molecular weight is 274 g/mol. The van der Waals surface area contributed by atoms with E-state index in [0.717, 1.165) is 32.6 Å². The Hall–Kier alpha value is -0.900. The van der Waals surface area contributed by atoms with Crippen LogP contribution in [0.3, 0.4) is 0 Å². The third-order valence-electron chi connectivity index (χ3n) is 4.89. The van der Waals surface area contributed by atoms with Crippen LogP contribution in [-0.2, 0) is 13.0 Å². The highest BCUT2D eigenvalue weighted by Gasteiger charge is 2.45. The van der Waals surface area contributed by atoms with Crippen molar-refractivity contribution < 1.29 is 5.11 Å². The first kappa shape index (κ1) is 14.1. The molecule has 1 saturated carbocycles. The average Bonchev–Trinajstić information content (AvgIpc) is 3.31. The third-order valence-corrected chi connectivity index (χ3v) is 4.89. The fraction of sp³-hybridized carbons (Fsp3) is 0.647. The van der Waals surface area contributed by atoms with Gasteiger partial charge in [-0.25, -0.2) is 0 Å². The number of nitrogens with zero attached hydrogens (tertiary/aromatic N) is 1. The van der Waals surface area contributed by atoms with Gasteiger partial charge >= 0.3 is 0 Å². The van der Waals surface area contributed by atoms with Crippen molar-refractivity contribution in [3.8, 4) is 0 Å². The van der Waals surface area contributed by atoms with Crippen LogP contribution in [0.4, 0.5) is 0 Å². The second-order valence-corrected chi connectivity index (χ2v) is 6.35. The molecular formula is C17H26N2O. The molecule has 2 N–H and O–H groups in total. The number of aliphatic hydroxyl groups excluding tert-OH is 1. The lowest BCUT2D eigenvalue weighted by atomic mass is 9.91. The van der Waals surface area contributed by atoms with E-state index in [9.17, 15) is 5.11 Å². The van der Waals surface area contributed by atoms with E-state index in [-0.39, 0.29) is 12.1 Å². The molecule has 3 heteroatoms. The lowest BCUT2D eigenvalue weighted by Gasteiger charge is -2.40. The fourth-order valence-electron chi connectivity index (χ4n) is 3.64. The van der Waals surface area contributed by atoms with Crippen molar-refractivity contribution in [1.29, 1.82) is 0 Å². The van der Waals surface area contributed by atoms with Crippen LogP contribution >= 0.6 is 0 Å². The standard InChI is InChI=1S/C17H26N2O/c1-2-18-17(13-20,16-7-8-16)12-19-10-9-14-5-3-4-6-15(14)11-19/h3-6,16,18,20H,2,7-13H2,1H3. The Morgan fingerprint density at radius 2 is 2.05 bits per heavy atom. The Morgan fingerprint density at radius 3 is 2.70 bits per heavy atom. The van der Waals surface area contributed by atoms with Crippen LogP contribution in [-0.4, -0.2) is 41.8 Å². The number of likely N-dealkylation sites (N-methyl/N-ethyl adjacent to an activating group) is 1. The Kier molecular flexibility index (Phi) is 4.11. The van der Waals surface area contributed by atoms with Gasteiger partial charge in [-0.05, 0) is 42.9 Å². The summed E-state index contributed by atoms with van der Waals surface area (Å²) >= 11 is 0. The Labute approximate surface area is 122 Å². The number of fused-ring (bicyclic) bond motifs is 1. The van der Waals surface area contributed by atoms with Gasteiger partial charge in [0.2, 0.25) is 0 Å². The first-order chi connectivity index (χ1) is 9.77. The largest absolute Gasteiger partial charge is 0.394 e. The van der Waals surface area contributed by atoms with Crippen LogP contribution in [0.15, 0.2) is 24.3 Å². The lowest BCUT2D eigenvalue weighted by Crippen LogP contribution is -2.58. The van der Waals surface area contributed by atoms with Crippen molar-refractivity contribution in [2.24, 2.45) is 5.92 Å². The summed E-state index contributed by atoms with van der Waals surface area (Å²) in [5.41, 5.74) is 2.87. The molecule has 3 rings (SSSR count). The molecule has 0 saturated heterocycles. The van der Waals surface area contributed by atoms with E-state index >= 15 is 0 Å². The molecule has 3 nitrogen and oxygen atoms in total. The summed E-state index contributed by atoms with van der Waals surface area (Å²) in [5, 5.41) is 13.5. The van der Waals surface area contributed by atoms with Gasteiger partial charge in [0.05, 0.1) is 12.1 Å². The molecule has 1 unspecified atom stereocenters. The number of hydrogen-bond acceptors (Lipinski definition) is 3. The highest BCUT2D eigenvalue weighted by atomic mass is 16.3. The first-order valence-electron chi connectivity index (χ1n) is 7.92. The normalized spacial score (nSPS) is 22.3. The Morgan fingerprint density at radius 1 is 1.30 bits per heavy atom. The number of rotatable bonds is 6. The number of hydrogen-bond donors (Lipinski definition) is 2. The predicted octanol–water partition coefficient (Wildman–Crippen LogP) is 1.80. The van der Waals surface area contributed by atoms with Crippen molar-refractivity contribution in [1.82, 2.24) is 10.2 Å². The molecule has 20 heavy (non-hydrogen) atoms. The van der Waals surface area contributed by atoms with E-state index in [0.29, 0.717) is 5.92 Å². The third kappa shape index (κ3) is 2.76. The smallest absolute Gasteiger partial charge is 0.0628 e. The predicted molar refractivity (Wildman–Crippen MR) is 81.6 cm³/mol.